The maximum Gasteiger partial charge on any atom is 0.236 e. The van der Waals surface area contributed by atoms with Crippen molar-refractivity contribution in [1.82, 2.24) is 9.80 Å². The lowest BCUT2D eigenvalue weighted by Gasteiger charge is -2.39. The largest absolute Gasteiger partial charge is 0.368 e. The van der Waals surface area contributed by atoms with Gasteiger partial charge in [-0.05, 0) is 37.6 Å². The molecule has 2 fully saturated rings. The predicted octanol–water partition coefficient (Wildman–Crippen LogP) is 3.14. The highest BCUT2D eigenvalue weighted by atomic mass is 19.1. The van der Waals surface area contributed by atoms with Crippen molar-refractivity contribution in [3.63, 3.8) is 0 Å². The van der Waals surface area contributed by atoms with Gasteiger partial charge in [0.05, 0.1) is 24.4 Å². The predicted molar refractivity (Wildman–Crippen MR) is 121 cm³/mol. The fourth-order valence-corrected chi connectivity index (χ4v) is 4.49. The summed E-state index contributed by atoms with van der Waals surface area (Å²) in [6.45, 7) is 7.47. The average Bonchev–Trinajstić information content (AvgIpc) is 2.79. The molecule has 2 unspecified atom stereocenters. The molecule has 2 aliphatic rings. The van der Waals surface area contributed by atoms with Crippen LogP contribution in [0.4, 0.5) is 10.1 Å². The van der Waals surface area contributed by atoms with E-state index >= 15 is 0 Å². The number of halogens is 1. The first-order chi connectivity index (χ1) is 15.4. The molecule has 2 atom stereocenters. The molecular weight excluding hydrogens is 409 g/mol. The number of carbonyl (C=O) groups excluding carboxylic acids is 2. The summed E-state index contributed by atoms with van der Waals surface area (Å²) >= 11 is 0. The smallest absolute Gasteiger partial charge is 0.236 e. The Morgan fingerprint density at radius 3 is 2.41 bits per heavy atom. The zero-order chi connectivity index (χ0) is 22.7. The molecular formula is C25H30FN3O3. The number of Topliss-reactive ketones (excluding diaryl/α,β-unsaturated/α-hetero) is 1. The fourth-order valence-electron chi connectivity index (χ4n) is 4.49. The molecule has 1 amide bonds. The van der Waals surface area contributed by atoms with Gasteiger partial charge in [-0.15, -0.1) is 0 Å². The first-order valence-electron chi connectivity index (χ1n) is 11.2. The Kier molecular flexibility index (Phi) is 6.86. The maximum atomic E-state index is 14.5. The van der Waals surface area contributed by atoms with E-state index in [0.29, 0.717) is 50.5 Å². The lowest BCUT2D eigenvalue weighted by atomic mass is 10.1. The molecule has 0 saturated carbocycles. The molecule has 6 nitrogen and oxygen atoms in total. The summed E-state index contributed by atoms with van der Waals surface area (Å²) < 4.78 is 20.6. The number of ketones is 1. The van der Waals surface area contributed by atoms with Crippen molar-refractivity contribution in [2.75, 3.05) is 50.7 Å². The van der Waals surface area contributed by atoms with Gasteiger partial charge in [-0.1, -0.05) is 30.3 Å². The Morgan fingerprint density at radius 1 is 1.03 bits per heavy atom. The van der Waals surface area contributed by atoms with Gasteiger partial charge in [0.25, 0.3) is 0 Å². The van der Waals surface area contributed by atoms with Crippen molar-refractivity contribution < 1.29 is 18.7 Å². The lowest BCUT2D eigenvalue weighted by molar-refractivity contribution is -0.136. The minimum atomic E-state index is -0.397. The third-order valence-corrected chi connectivity index (χ3v) is 6.19. The van der Waals surface area contributed by atoms with Gasteiger partial charge in [0.15, 0.2) is 5.78 Å². The van der Waals surface area contributed by atoms with E-state index in [1.54, 1.807) is 12.1 Å². The molecule has 2 heterocycles. The SMILES string of the molecule is CC(=O)c1ccc(N2CCN(C(=O)CN3CC(C)OC(c4ccccc4)C3)CC2)c(F)c1. The van der Waals surface area contributed by atoms with Crippen LogP contribution in [0.1, 0.15) is 35.9 Å². The summed E-state index contributed by atoms with van der Waals surface area (Å²) in [5, 5.41) is 0. The van der Waals surface area contributed by atoms with E-state index < -0.39 is 5.82 Å². The molecule has 4 rings (SSSR count). The normalized spacial score (nSPS) is 22.1. The molecule has 0 N–H and O–H groups in total. The van der Waals surface area contributed by atoms with Crippen LogP contribution in [-0.2, 0) is 9.53 Å². The van der Waals surface area contributed by atoms with Gasteiger partial charge < -0.3 is 14.5 Å². The average molecular weight is 440 g/mol. The minimum absolute atomic E-state index is 0.0365. The van der Waals surface area contributed by atoms with Gasteiger partial charge in [0.2, 0.25) is 5.91 Å². The molecule has 32 heavy (non-hydrogen) atoms. The van der Waals surface area contributed by atoms with Crippen LogP contribution in [0.25, 0.3) is 0 Å². The van der Waals surface area contributed by atoms with E-state index in [1.165, 1.54) is 13.0 Å². The number of morpholine rings is 1. The number of benzene rings is 2. The fraction of sp³-hybridized carbons (Fsp3) is 0.440. The van der Waals surface area contributed by atoms with Crippen LogP contribution in [-0.4, -0.2) is 73.4 Å². The van der Waals surface area contributed by atoms with Crippen LogP contribution < -0.4 is 4.90 Å². The Bertz CT molecular complexity index is 960. The summed E-state index contributed by atoms with van der Waals surface area (Å²) in [6, 6.07) is 14.7. The van der Waals surface area contributed by atoms with E-state index in [1.807, 2.05) is 34.9 Å². The van der Waals surface area contributed by atoms with Crippen LogP contribution >= 0.6 is 0 Å². The van der Waals surface area contributed by atoms with Gasteiger partial charge in [-0.25, -0.2) is 4.39 Å². The summed E-state index contributed by atoms with van der Waals surface area (Å²) in [5.41, 5.74) is 1.98. The first-order valence-corrected chi connectivity index (χ1v) is 11.2. The van der Waals surface area contributed by atoms with Gasteiger partial charge in [-0.3, -0.25) is 14.5 Å². The number of nitrogens with zero attached hydrogens (tertiary/aromatic N) is 3. The van der Waals surface area contributed by atoms with Crippen LogP contribution in [0, 0.1) is 5.82 Å². The van der Waals surface area contributed by atoms with Crippen molar-refractivity contribution in [3.8, 4) is 0 Å². The number of carbonyl (C=O) groups is 2. The quantitative estimate of drug-likeness (QED) is 0.670. The summed E-state index contributed by atoms with van der Waals surface area (Å²) in [7, 11) is 0. The molecule has 170 valence electrons. The zero-order valence-corrected chi connectivity index (χ0v) is 18.7. The Balaban J connectivity index is 1.32. The molecule has 0 aromatic heterocycles. The van der Waals surface area contributed by atoms with Crippen LogP contribution in [0.2, 0.25) is 0 Å². The van der Waals surface area contributed by atoms with E-state index in [-0.39, 0.29) is 23.9 Å². The number of hydrogen-bond acceptors (Lipinski definition) is 5. The highest BCUT2D eigenvalue weighted by molar-refractivity contribution is 5.94. The van der Waals surface area contributed by atoms with Crippen molar-refractivity contribution in [2.24, 2.45) is 0 Å². The topological polar surface area (TPSA) is 53.1 Å². The molecule has 2 aromatic rings. The second kappa shape index (κ2) is 9.79. The number of hydrogen-bond donors (Lipinski definition) is 0. The monoisotopic (exact) mass is 439 g/mol. The van der Waals surface area contributed by atoms with Crippen LogP contribution in [0.3, 0.4) is 0 Å². The van der Waals surface area contributed by atoms with Crippen LogP contribution in [0.15, 0.2) is 48.5 Å². The summed E-state index contributed by atoms with van der Waals surface area (Å²) in [4.78, 5) is 30.4. The molecule has 2 aliphatic heterocycles. The second-order valence-corrected chi connectivity index (χ2v) is 8.63. The highest BCUT2D eigenvalue weighted by Gasteiger charge is 2.30. The molecule has 7 heteroatoms. The number of rotatable bonds is 5. The highest BCUT2D eigenvalue weighted by Crippen LogP contribution is 2.26. The first kappa shape index (κ1) is 22.4. The Labute approximate surface area is 188 Å². The molecule has 0 aliphatic carbocycles. The minimum Gasteiger partial charge on any atom is -0.368 e. The number of ether oxygens (including phenoxy) is 1. The number of amides is 1. The van der Waals surface area contributed by atoms with Gasteiger partial charge in [-0.2, -0.15) is 0 Å². The summed E-state index contributed by atoms with van der Waals surface area (Å²) in [5.74, 6) is -0.456. The lowest BCUT2D eigenvalue weighted by Crippen LogP contribution is -2.53. The Hall–Kier alpha value is -2.77. The van der Waals surface area contributed by atoms with Gasteiger partial charge in [0, 0.05) is 44.8 Å². The number of anilines is 1. The van der Waals surface area contributed by atoms with Crippen molar-refractivity contribution in [3.05, 3.63) is 65.5 Å². The van der Waals surface area contributed by atoms with Crippen molar-refractivity contribution in [1.29, 1.82) is 0 Å². The molecule has 0 spiro atoms. The molecule has 0 bridgehead atoms. The van der Waals surface area contributed by atoms with E-state index in [9.17, 15) is 14.0 Å². The second-order valence-electron chi connectivity index (χ2n) is 8.63. The van der Waals surface area contributed by atoms with Gasteiger partial charge in [0.1, 0.15) is 5.82 Å². The van der Waals surface area contributed by atoms with Gasteiger partial charge >= 0.3 is 0 Å². The zero-order valence-electron chi connectivity index (χ0n) is 18.7. The molecule has 0 radical (unpaired) electrons. The van der Waals surface area contributed by atoms with Crippen LogP contribution in [0.5, 0.6) is 0 Å². The summed E-state index contributed by atoms with van der Waals surface area (Å²) in [6.07, 6.45) is 0.0186. The number of piperazine rings is 1. The van der Waals surface area contributed by atoms with E-state index in [0.717, 1.165) is 12.1 Å². The maximum absolute atomic E-state index is 14.5. The molecule has 2 aromatic carbocycles. The molecule has 2 saturated heterocycles. The third-order valence-electron chi connectivity index (χ3n) is 6.19. The van der Waals surface area contributed by atoms with E-state index in [4.69, 9.17) is 4.74 Å². The van der Waals surface area contributed by atoms with Crippen molar-refractivity contribution in [2.45, 2.75) is 26.1 Å². The van der Waals surface area contributed by atoms with E-state index in [2.05, 4.69) is 17.0 Å². The Morgan fingerprint density at radius 2 is 1.75 bits per heavy atom. The third kappa shape index (κ3) is 5.16. The van der Waals surface area contributed by atoms with Crippen molar-refractivity contribution >= 4 is 17.4 Å². The standard InChI is InChI=1S/C25H30FN3O3/c1-18-15-27(16-24(32-18)20-6-4-3-5-7-20)17-25(31)29-12-10-28(11-13-29)23-9-8-21(19(2)30)14-22(23)26/h3-9,14,18,24H,10-13,15-17H2,1-2H3.